The van der Waals surface area contributed by atoms with Gasteiger partial charge in [0.1, 0.15) is 0 Å². The zero-order chi connectivity index (χ0) is 25.5. The Bertz CT molecular complexity index is 1010. The molecule has 188 valence electrons. The monoisotopic (exact) mass is 525 g/mol. The number of piperidine rings is 1. The van der Waals surface area contributed by atoms with Crippen LogP contribution in [0.1, 0.15) is 65.5 Å². The Morgan fingerprint density at radius 1 is 0.912 bits per heavy atom. The molecule has 1 amide bonds. The smallest absolute Gasteiger partial charge is 0.226 e. The van der Waals surface area contributed by atoms with Gasteiger partial charge in [0.2, 0.25) is 5.91 Å². The molecule has 3 rings (SSSR count). The van der Waals surface area contributed by atoms with E-state index in [1.54, 1.807) is 13.8 Å². The van der Waals surface area contributed by atoms with Gasteiger partial charge in [-0.3, -0.25) is 4.79 Å². The Labute approximate surface area is 215 Å². The van der Waals surface area contributed by atoms with Crippen molar-refractivity contribution >= 4 is 38.9 Å². The Morgan fingerprint density at radius 2 is 1.47 bits per heavy atom. The van der Waals surface area contributed by atoms with E-state index < -0.39 is 15.1 Å². The first-order chi connectivity index (χ1) is 16.0. The summed E-state index contributed by atoms with van der Waals surface area (Å²) in [4.78, 5) is 15.2. The quantitative estimate of drug-likeness (QED) is 0.383. The highest BCUT2D eigenvalue weighted by Gasteiger charge is 2.42. The lowest BCUT2D eigenvalue weighted by Crippen LogP contribution is -2.53. The molecule has 4 nitrogen and oxygen atoms in total. The molecule has 0 aromatic heterocycles. The molecule has 0 aliphatic carbocycles. The van der Waals surface area contributed by atoms with E-state index in [9.17, 15) is 13.2 Å². The Balaban J connectivity index is 0.000000497. The normalized spacial score (nSPS) is 19.7. The van der Waals surface area contributed by atoms with Crippen molar-refractivity contribution in [2.45, 2.75) is 71.2 Å². The van der Waals surface area contributed by atoms with E-state index in [1.807, 2.05) is 80.3 Å². The van der Waals surface area contributed by atoms with E-state index in [-0.39, 0.29) is 35.6 Å². The summed E-state index contributed by atoms with van der Waals surface area (Å²) in [5, 5.41) is 0.999. The van der Waals surface area contributed by atoms with E-state index in [0.717, 1.165) is 29.8 Å². The molecular formula is C27H37Cl2NO3S. The number of sulfone groups is 1. The fourth-order valence-corrected chi connectivity index (χ4v) is 5.89. The van der Waals surface area contributed by atoms with Crippen LogP contribution in [0.4, 0.5) is 0 Å². The second kappa shape index (κ2) is 12.9. The molecule has 0 saturated carbocycles. The lowest BCUT2D eigenvalue weighted by Gasteiger charge is -2.45. The second-order valence-electron chi connectivity index (χ2n) is 9.48. The fraction of sp³-hybridized carbons (Fsp3) is 0.519. The fourth-order valence-electron chi connectivity index (χ4n) is 4.21. The van der Waals surface area contributed by atoms with E-state index >= 15 is 0 Å². The summed E-state index contributed by atoms with van der Waals surface area (Å²) in [6.45, 7) is 9.44. The van der Waals surface area contributed by atoms with Crippen molar-refractivity contribution in [1.29, 1.82) is 0 Å². The number of rotatable bonds is 7. The third-order valence-electron chi connectivity index (χ3n) is 6.46. The SMILES string of the molecule is CC[C@H]1CCC(c2ccc(Cl)cc2)N(C(CS(=O)(=O)C(C)C)C(C)C)C1=O.Clc1ccccc1. The van der Waals surface area contributed by atoms with Gasteiger partial charge < -0.3 is 4.90 Å². The summed E-state index contributed by atoms with van der Waals surface area (Å²) in [6, 6.07) is 16.6. The molecule has 1 aliphatic heterocycles. The number of amides is 1. The first kappa shape index (κ1) is 28.7. The molecule has 0 bridgehead atoms. The highest BCUT2D eigenvalue weighted by Crippen LogP contribution is 2.39. The third kappa shape index (κ3) is 7.73. The minimum atomic E-state index is -3.27. The molecular weight excluding hydrogens is 489 g/mol. The maximum atomic E-state index is 13.3. The Hall–Kier alpha value is -1.56. The van der Waals surface area contributed by atoms with Gasteiger partial charge >= 0.3 is 0 Å². The van der Waals surface area contributed by atoms with Gasteiger partial charge in [-0.05, 0) is 68.9 Å². The van der Waals surface area contributed by atoms with Crippen molar-refractivity contribution in [2.24, 2.45) is 11.8 Å². The molecule has 1 fully saturated rings. The predicted octanol–water partition coefficient (Wildman–Crippen LogP) is 7.22. The maximum Gasteiger partial charge on any atom is 0.226 e. The molecule has 7 heteroatoms. The number of likely N-dealkylation sites (tertiary alicyclic amines) is 1. The summed E-state index contributed by atoms with van der Waals surface area (Å²) in [6.07, 6.45) is 2.46. The van der Waals surface area contributed by atoms with Gasteiger partial charge in [-0.1, -0.05) is 74.3 Å². The van der Waals surface area contributed by atoms with Gasteiger partial charge in [0.25, 0.3) is 0 Å². The van der Waals surface area contributed by atoms with Crippen LogP contribution < -0.4 is 0 Å². The van der Waals surface area contributed by atoms with Crippen LogP contribution in [-0.2, 0) is 14.6 Å². The molecule has 2 aromatic carbocycles. The largest absolute Gasteiger partial charge is 0.331 e. The number of halogens is 2. The van der Waals surface area contributed by atoms with E-state index in [1.165, 1.54) is 0 Å². The van der Waals surface area contributed by atoms with Crippen molar-refractivity contribution in [3.8, 4) is 0 Å². The molecule has 1 aliphatic rings. The van der Waals surface area contributed by atoms with E-state index in [2.05, 4.69) is 0 Å². The van der Waals surface area contributed by atoms with Crippen LogP contribution in [-0.4, -0.2) is 36.3 Å². The van der Waals surface area contributed by atoms with E-state index in [4.69, 9.17) is 23.2 Å². The van der Waals surface area contributed by atoms with Crippen LogP contribution in [0.5, 0.6) is 0 Å². The van der Waals surface area contributed by atoms with Crippen LogP contribution >= 0.6 is 23.2 Å². The highest BCUT2D eigenvalue weighted by atomic mass is 35.5. The third-order valence-corrected chi connectivity index (χ3v) is 9.20. The second-order valence-corrected chi connectivity index (χ2v) is 13.0. The van der Waals surface area contributed by atoms with Crippen molar-refractivity contribution in [2.75, 3.05) is 5.75 Å². The summed E-state index contributed by atoms with van der Waals surface area (Å²) in [7, 11) is -3.27. The van der Waals surface area contributed by atoms with Crippen LogP contribution in [0.2, 0.25) is 10.0 Å². The maximum absolute atomic E-state index is 13.3. The molecule has 0 spiro atoms. The number of hydrogen-bond donors (Lipinski definition) is 0. The predicted molar refractivity (Wildman–Crippen MR) is 143 cm³/mol. The number of carbonyl (C=O) groups excluding carboxylic acids is 1. The van der Waals surface area contributed by atoms with E-state index in [0.29, 0.717) is 5.02 Å². The van der Waals surface area contributed by atoms with Crippen molar-refractivity contribution in [1.82, 2.24) is 4.90 Å². The van der Waals surface area contributed by atoms with Crippen molar-refractivity contribution in [3.63, 3.8) is 0 Å². The van der Waals surface area contributed by atoms with Crippen LogP contribution in [0, 0.1) is 11.8 Å². The molecule has 1 saturated heterocycles. The summed E-state index contributed by atoms with van der Waals surface area (Å²) in [5.74, 6) is 0.111. The average Bonchev–Trinajstić information content (AvgIpc) is 2.79. The molecule has 2 unspecified atom stereocenters. The lowest BCUT2D eigenvalue weighted by molar-refractivity contribution is -0.146. The summed E-state index contributed by atoms with van der Waals surface area (Å²) < 4.78 is 25.4. The molecule has 0 radical (unpaired) electrons. The summed E-state index contributed by atoms with van der Waals surface area (Å²) >= 11 is 11.6. The molecule has 0 N–H and O–H groups in total. The Morgan fingerprint density at radius 3 is 1.91 bits per heavy atom. The zero-order valence-electron chi connectivity index (χ0n) is 20.7. The topological polar surface area (TPSA) is 54.5 Å². The first-order valence-electron chi connectivity index (χ1n) is 12.0. The Kier molecular flexibility index (Phi) is 10.9. The minimum absolute atomic E-state index is 0.00853. The minimum Gasteiger partial charge on any atom is -0.331 e. The zero-order valence-corrected chi connectivity index (χ0v) is 23.1. The standard InChI is InChI=1S/C21H32ClNO3S.C6H5Cl/c1-6-16-9-12-19(17-7-10-18(22)11-8-17)23(21(16)24)20(14(2)3)13-27(25,26)15(4)5;7-6-4-2-1-3-5-6/h7-8,10-11,14-16,19-20H,6,9,12-13H2,1-5H3;1-5H/t16-,19?,20?;/m0./s1. The lowest BCUT2D eigenvalue weighted by atomic mass is 9.84. The molecule has 1 heterocycles. The molecule has 34 heavy (non-hydrogen) atoms. The number of nitrogens with zero attached hydrogens (tertiary/aromatic N) is 1. The number of benzene rings is 2. The van der Waals surface area contributed by atoms with Gasteiger partial charge in [0.05, 0.1) is 17.0 Å². The molecule has 3 atom stereocenters. The number of carbonyl (C=O) groups is 1. The van der Waals surface area contributed by atoms with Gasteiger partial charge in [0, 0.05) is 22.0 Å². The highest BCUT2D eigenvalue weighted by molar-refractivity contribution is 7.92. The molecule has 2 aromatic rings. The van der Waals surface area contributed by atoms with Crippen LogP contribution in [0.25, 0.3) is 0 Å². The van der Waals surface area contributed by atoms with Crippen LogP contribution in [0.3, 0.4) is 0 Å². The van der Waals surface area contributed by atoms with Crippen molar-refractivity contribution < 1.29 is 13.2 Å². The summed E-state index contributed by atoms with van der Waals surface area (Å²) in [5.41, 5.74) is 1.02. The number of hydrogen-bond acceptors (Lipinski definition) is 3. The van der Waals surface area contributed by atoms with Gasteiger partial charge in [-0.2, -0.15) is 0 Å². The van der Waals surface area contributed by atoms with Crippen molar-refractivity contribution in [3.05, 3.63) is 70.2 Å². The van der Waals surface area contributed by atoms with Gasteiger partial charge in [0.15, 0.2) is 9.84 Å². The van der Waals surface area contributed by atoms with Gasteiger partial charge in [-0.25, -0.2) is 8.42 Å². The average molecular weight is 527 g/mol. The first-order valence-corrected chi connectivity index (χ1v) is 14.4. The van der Waals surface area contributed by atoms with Crippen LogP contribution in [0.15, 0.2) is 54.6 Å². The van der Waals surface area contributed by atoms with Gasteiger partial charge in [-0.15, -0.1) is 0 Å².